The molecule has 0 heterocycles. The minimum Gasteiger partial charge on any atom is -0.444 e. The second-order valence-electron chi connectivity index (χ2n) is 8.86. The van der Waals surface area contributed by atoms with Crippen molar-refractivity contribution in [2.75, 3.05) is 6.61 Å². The van der Waals surface area contributed by atoms with Crippen molar-refractivity contribution in [2.45, 2.75) is 84.7 Å². The van der Waals surface area contributed by atoms with E-state index in [9.17, 15) is 19.5 Å². The maximum Gasteiger partial charge on any atom is 0.408 e. The molecule has 0 aliphatic carbocycles. The van der Waals surface area contributed by atoms with Crippen LogP contribution in [-0.4, -0.2) is 58.2 Å². The molecule has 3 N–H and O–H groups in total. The molecule has 174 valence electrons. The van der Waals surface area contributed by atoms with E-state index in [0.717, 1.165) is 0 Å². The van der Waals surface area contributed by atoms with E-state index in [0.29, 0.717) is 12.0 Å². The van der Waals surface area contributed by atoms with E-state index in [1.54, 1.807) is 45.0 Å². The minimum absolute atomic E-state index is 0.124. The summed E-state index contributed by atoms with van der Waals surface area (Å²) in [5, 5.41) is 15.2. The molecule has 31 heavy (non-hydrogen) atoms. The number of aliphatic hydroxyl groups excluding tert-OH is 1. The van der Waals surface area contributed by atoms with Crippen molar-refractivity contribution in [3.8, 4) is 0 Å². The van der Waals surface area contributed by atoms with Crippen molar-refractivity contribution in [1.82, 2.24) is 15.5 Å². The highest BCUT2D eigenvalue weighted by molar-refractivity contribution is 5.92. The minimum atomic E-state index is -1.25. The smallest absolute Gasteiger partial charge is 0.408 e. The summed E-state index contributed by atoms with van der Waals surface area (Å²) >= 11 is 0. The van der Waals surface area contributed by atoms with Crippen LogP contribution in [0, 0.1) is 0 Å². The molecule has 0 aromatic heterocycles. The first kappa shape index (κ1) is 26.4. The second-order valence-corrected chi connectivity index (χ2v) is 8.86. The van der Waals surface area contributed by atoms with Crippen molar-refractivity contribution in [3.63, 3.8) is 0 Å². The van der Waals surface area contributed by atoms with Crippen LogP contribution < -0.4 is 10.6 Å². The van der Waals surface area contributed by atoms with Crippen LogP contribution in [0.5, 0.6) is 0 Å². The van der Waals surface area contributed by atoms with Gasteiger partial charge in [0.1, 0.15) is 17.7 Å². The fourth-order valence-corrected chi connectivity index (χ4v) is 3.05. The van der Waals surface area contributed by atoms with E-state index >= 15 is 0 Å². The third-order valence-corrected chi connectivity index (χ3v) is 4.56. The Morgan fingerprint density at radius 3 is 2.10 bits per heavy atom. The molecule has 0 spiro atoms. The Kier molecular flexibility index (Phi) is 9.97. The van der Waals surface area contributed by atoms with Gasteiger partial charge in [-0.15, -0.1) is 0 Å². The van der Waals surface area contributed by atoms with E-state index in [-0.39, 0.29) is 18.0 Å². The van der Waals surface area contributed by atoms with Crippen LogP contribution in [0.2, 0.25) is 0 Å². The summed E-state index contributed by atoms with van der Waals surface area (Å²) in [4.78, 5) is 40.3. The molecular formula is C23H37N3O5. The normalized spacial score (nSPS) is 14.4. The summed E-state index contributed by atoms with van der Waals surface area (Å²) in [5.41, 5.74) is -0.115. The zero-order chi connectivity index (χ0) is 23.8. The summed E-state index contributed by atoms with van der Waals surface area (Å²) in [6.45, 7) is 11.9. The monoisotopic (exact) mass is 435 g/mol. The number of alkyl carbamates (subject to hydrolysis) is 1. The standard InChI is InChI=1S/C23H37N3O5/c1-8-16(4)26(21(29)18(14-27)25-22(30)31-23(5,6)7)19(20(28)24-15(2)3)17-12-10-9-11-13-17/h9-13,15-16,18-19,27H,8,14H2,1-7H3,(H,24,28)(H,25,30). The molecule has 0 aliphatic rings. The van der Waals surface area contributed by atoms with Crippen LogP contribution in [-0.2, 0) is 14.3 Å². The molecule has 3 unspecified atom stereocenters. The van der Waals surface area contributed by atoms with Crippen LogP contribution in [0.4, 0.5) is 4.79 Å². The third kappa shape index (κ3) is 8.20. The molecule has 3 amide bonds. The number of rotatable bonds is 9. The van der Waals surface area contributed by atoms with Gasteiger partial charge in [0.05, 0.1) is 6.61 Å². The highest BCUT2D eigenvalue weighted by Gasteiger charge is 2.38. The Balaban J connectivity index is 3.34. The Hall–Kier alpha value is -2.61. The summed E-state index contributed by atoms with van der Waals surface area (Å²) in [6.07, 6.45) is -0.235. The Labute approximate surface area is 185 Å². The van der Waals surface area contributed by atoms with E-state index in [2.05, 4.69) is 10.6 Å². The van der Waals surface area contributed by atoms with Gasteiger partial charge in [0.25, 0.3) is 0 Å². The van der Waals surface area contributed by atoms with Gasteiger partial charge < -0.3 is 25.4 Å². The molecule has 1 rings (SSSR count). The van der Waals surface area contributed by atoms with Gasteiger partial charge in [-0.3, -0.25) is 9.59 Å². The van der Waals surface area contributed by atoms with Crippen LogP contribution in [0.25, 0.3) is 0 Å². The molecular weight excluding hydrogens is 398 g/mol. The summed E-state index contributed by atoms with van der Waals surface area (Å²) < 4.78 is 5.22. The topological polar surface area (TPSA) is 108 Å². The lowest BCUT2D eigenvalue weighted by molar-refractivity contribution is -0.146. The molecule has 0 saturated carbocycles. The molecule has 8 nitrogen and oxygen atoms in total. The molecule has 0 aliphatic heterocycles. The third-order valence-electron chi connectivity index (χ3n) is 4.56. The number of hydrogen-bond acceptors (Lipinski definition) is 5. The predicted octanol–water partition coefficient (Wildman–Crippen LogP) is 2.77. The maximum atomic E-state index is 13.5. The second kappa shape index (κ2) is 11.7. The zero-order valence-corrected chi connectivity index (χ0v) is 19.6. The Morgan fingerprint density at radius 1 is 1.06 bits per heavy atom. The number of aliphatic hydroxyl groups is 1. The molecule has 3 atom stereocenters. The largest absolute Gasteiger partial charge is 0.444 e. The Bertz CT molecular complexity index is 730. The Morgan fingerprint density at radius 2 is 1.65 bits per heavy atom. The van der Waals surface area contributed by atoms with E-state index in [1.807, 2.05) is 33.8 Å². The van der Waals surface area contributed by atoms with Gasteiger partial charge in [-0.05, 0) is 53.5 Å². The first-order chi connectivity index (χ1) is 14.4. The highest BCUT2D eigenvalue weighted by Crippen LogP contribution is 2.26. The number of benzene rings is 1. The number of nitrogens with zero attached hydrogens (tertiary/aromatic N) is 1. The first-order valence-corrected chi connectivity index (χ1v) is 10.7. The van der Waals surface area contributed by atoms with Gasteiger partial charge in [-0.1, -0.05) is 37.3 Å². The molecule has 1 aromatic rings. The van der Waals surface area contributed by atoms with Gasteiger partial charge in [-0.25, -0.2) is 4.79 Å². The average Bonchev–Trinajstić information content (AvgIpc) is 2.67. The lowest BCUT2D eigenvalue weighted by Crippen LogP contribution is -2.57. The summed E-state index contributed by atoms with van der Waals surface area (Å²) in [7, 11) is 0. The van der Waals surface area contributed by atoms with Gasteiger partial charge in [0.2, 0.25) is 11.8 Å². The SMILES string of the molecule is CCC(C)N(C(=O)C(CO)NC(=O)OC(C)(C)C)C(C(=O)NC(C)C)c1ccccc1. The van der Waals surface area contributed by atoms with Crippen molar-refractivity contribution in [1.29, 1.82) is 0 Å². The van der Waals surface area contributed by atoms with E-state index < -0.39 is 36.3 Å². The van der Waals surface area contributed by atoms with Crippen molar-refractivity contribution in [2.24, 2.45) is 0 Å². The fourth-order valence-electron chi connectivity index (χ4n) is 3.05. The van der Waals surface area contributed by atoms with Crippen molar-refractivity contribution in [3.05, 3.63) is 35.9 Å². The number of amides is 3. The maximum absolute atomic E-state index is 13.5. The quantitative estimate of drug-likeness (QED) is 0.553. The van der Waals surface area contributed by atoms with Gasteiger partial charge >= 0.3 is 6.09 Å². The van der Waals surface area contributed by atoms with E-state index in [4.69, 9.17) is 4.74 Å². The highest BCUT2D eigenvalue weighted by atomic mass is 16.6. The van der Waals surface area contributed by atoms with Crippen LogP contribution in [0.15, 0.2) is 30.3 Å². The van der Waals surface area contributed by atoms with Crippen LogP contribution in [0.3, 0.4) is 0 Å². The van der Waals surface area contributed by atoms with Gasteiger partial charge in [0.15, 0.2) is 0 Å². The lowest BCUT2D eigenvalue weighted by Gasteiger charge is -2.38. The first-order valence-electron chi connectivity index (χ1n) is 10.7. The number of ether oxygens (including phenoxy) is 1. The zero-order valence-electron chi connectivity index (χ0n) is 19.6. The lowest BCUT2D eigenvalue weighted by atomic mass is 10.00. The molecule has 0 fully saturated rings. The van der Waals surface area contributed by atoms with Crippen LogP contribution >= 0.6 is 0 Å². The summed E-state index contributed by atoms with van der Waals surface area (Å²) in [5.74, 6) is -0.890. The van der Waals surface area contributed by atoms with E-state index in [1.165, 1.54) is 4.90 Å². The molecule has 0 saturated heterocycles. The number of carbonyl (C=O) groups excluding carboxylic acids is 3. The molecule has 0 bridgehead atoms. The van der Waals surface area contributed by atoms with Crippen molar-refractivity contribution < 1.29 is 24.2 Å². The fraction of sp³-hybridized carbons (Fsp3) is 0.609. The number of carbonyl (C=O) groups is 3. The number of hydrogen-bond donors (Lipinski definition) is 3. The van der Waals surface area contributed by atoms with Gasteiger partial charge in [0, 0.05) is 12.1 Å². The summed E-state index contributed by atoms with van der Waals surface area (Å²) in [6, 6.07) is 6.37. The number of nitrogens with one attached hydrogen (secondary N) is 2. The van der Waals surface area contributed by atoms with Gasteiger partial charge in [-0.2, -0.15) is 0 Å². The molecule has 8 heteroatoms. The van der Waals surface area contributed by atoms with Crippen molar-refractivity contribution >= 4 is 17.9 Å². The van der Waals surface area contributed by atoms with Crippen LogP contribution in [0.1, 0.15) is 66.5 Å². The average molecular weight is 436 g/mol. The predicted molar refractivity (Wildman–Crippen MR) is 119 cm³/mol. The molecule has 0 radical (unpaired) electrons. The molecule has 1 aromatic carbocycles.